The van der Waals surface area contributed by atoms with Crippen LogP contribution in [-0.4, -0.2) is 16.2 Å². The number of carbonyl (C=O) groups is 1. The summed E-state index contributed by atoms with van der Waals surface area (Å²) in [6.45, 7) is 1.49. The molecule has 1 aromatic heterocycles. The Kier molecular flexibility index (Phi) is 3.10. The molecule has 2 N–H and O–H groups in total. The third-order valence-corrected chi connectivity index (χ3v) is 3.39. The molecule has 0 bridgehead atoms. The second kappa shape index (κ2) is 3.77. The Morgan fingerprint density at radius 1 is 1.69 bits per heavy atom. The Bertz CT molecular complexity index is 319. The molecular weight excluding hydrogens is 256 g/mol. The third kappa shape index (κ3) is 2.52. The molecule has 13 heavy (non-hydrogen) atoms. The van der Waals surface area contributed by atoms with Crippen molar-refractivity contribution in [2.45, 2.75) is 18.9 Å². The fourth-order valence-corrected chi connectivity index (χ4v) is 2.90. The van der Waals surface area contributed by atoms with Crippen LogP contribution < -0.4 is 0 Å². The number of halogens is 1. The SMILES string of the molecule is CC(O)(CC(=O)O)c1cscc1Br. The van der Waals surface area contributed by atoms with Crippen molar-refractivity contribution in [3.8, 4) is 0 Å². The molecule has 0 radical (unpaired) electrons. The number of carboxylic acids is 1. The van der Waals surface area contributed by atoms with E-state index in [1.807, 2.05) is 5.38 Å². The molecule has 0 aliphatic carbocycles. The van der Waals surface area contributed by atoms with Crippen molar-refractivity contribution in [1.82, 2.24) is 0 Å². The smallest absolute Gasteiger partial charge is 0.306 e. The van der Waals surface area contributed by atoms with Crippen molar-refractivity contribution in [3.63, 3.8) is 0 Å². The number of hydrogen-bond acceptors (Lipinski definition) is 3. The van der Waals surface area contributed by atoms with Gasteiger partial charge in [0.05, 0.1) is 12.0 Å². The summed E-state index contributed by atoms with van der Waals surface area (Å²) in [7, 11) is 0. The van der Waals surface area contributed by atoms with Gasteiger partial charge < -0.3 is 10.2 Å². The second-order valence-corrected chi connectivity index (χ2v) is 4.58. The minimum Gasteiger partial charge on any atom is -0.481 e. The van der Waals surface area contributed by atoms with Crippen molar-refractivity contribution >= 4 is 33.2 Å². The molecule has 1 aromatic rings. The molecule has 1 unspecified atom stereocenters. The van der Waals surface area contributed by atoms with Gasteiger partial charge in [0.25, 0.3) is 0 Å². The normalized spacial score (nSPS) is 15.3. The molecule has 1 rings (SSSR count). The van der Waals surface area contributed by atoms with Gasteiger partial charge in [-0.25, -0.2) is 0 Å². The maximum Gasteiger partial charge on any atom is 0.306 e. The Labute approximate surface area is 88.1 Å². The molecule has 3 nitrogen and oxygen atoms in total. The molecule has 5 heteroatoms. The van der Waals surface area contributed by atoms with Gasteiger partial charge in [-0.2, -0.15) is 11.3 Å². The van der Waals surface area contributed by atoms with E-state index in [1.165, 1.54) is 18.3 Å². The molecule has 0 aromatic carbocycles. The summed E-state index contributed by atoms with van der Waals surface area (Å²) in [6, 6.07) is 0. The first-order valence-electron chi connectivity index (χ1n) is 3.60. The van der Waals surface area contributed by atoms with Crippen molar-refractivity contribution in [1.29, 1.82) is 0 Å². The molecule has 0 aliphatic heterocycles. The lowest BCUT2D eigenvalue weighted by Gasteiger charge is -2.20. The summed E-state index contributed by atoms with van der Waals surface area (Å²) in [4.78, 5) is 10.4. The number of aliphatic hydroxyl groups is 1. The predicted molar refractivity (Wildman–Crippen MR) is 53.8 cm³/mol. The number of aliphatic carboxylic acids is 1. The maximum absolute atomic E-state index is 10.4. The average molecular weight is 265 g/mol. The van der Waals surface area contributed by atoms with Gasteiger partial charge in [0.15, 0.2) is 0 Å². The van der Waals surface area contributed by atoms with Crippen LogP contribution in [-0.2, 0) is 10.4 Å². The summed E-state index contributed by atoms with van der Waals surface area (Å²) in [5.74, 6) is -1.01. The largest absolute Gasteiger partial charge is 0.481 e. The quantitative estimate of drug-likeness (QED) is 0.880. The highest BCUT2D eigenvalue weighted by Gasteiger charge is 2.28. The van der Waals surface area contributed by atoms with Gasteiger partial charge in [-0.05, 0) is 28.2 Å². The third-order valence-electron chi connectivity index (χ3n) is 1.69. The molecule has 0 saturated heterocycles. The van der Waals surface area contributed by atoms with Crippen LogP contribution in [0.3, 0.4) is 0 Å². The maximum atomic E-state index is 10.4. The summed E-state index contributed by atoms with van der Waals surface area (Å²) >= 11 is 4.67. The van der Waals surface area contributed by atoms with Crippen LogP contribution in [0.5, 0.6) is 0 Å². The lowest BCUT2D eigenvalue weighted by molar-refractivity contribution is -0.142. The average Bonchev–Trinajstić information content (AvgIpc) is 2.32. The highest BCUT2D eigenvalue weighted by atomic mass is 79.9. The summed E-state index contributed by atoms with van der Waals surface area (Å²) in [5, 5.41) is 21.9. The molecule has 0 aliphatic rings. The van der Waals surface area contributed by atoms with Crippen LogP contribution in [0.4, 0.5) is 0 Å². The van der Waals surface area contributed by atoms with Gasteiger partial charge in [-0.15, -0.1) is 0 Å². The summed E-state index contributed by atoms with van der Waals surface area (Å²) in [5.41, 5.74) is -0.676. The molecule has 72 valence electrons. The van der Waals surface area contributed by atoms with Crippen molar-refractivity contribution in [3.05, 3.63) is 20.8 Å². The van der Waals surface area contributed by atoms with Gasteiger partial charge in [-0.3, -0.25) is 4.79 Å². The lowest BCUT2D eigenvalue weighted by Crippen LogP contribution is -2.24. The number of carboxylic acid groups (broad SMARTS) is 1. The lowest BCUT2D eigenvalue weighted by atomic mass is 9.95. The fraction of sp³-hybridized carbons (Fsp3) is 0.375. The van der Waals surface area contributed by atoms with E-state index < -0.39 is 11.6 Å². The number of rotatable bonds is 3. The van der Waals surface area contributed by atoms with Gasteiger partial charge >= 0.3 is 5.97 Å². The van der Waals surface area contributed by atoms with Gasteiger partial charge in [0.1, 0.15) is 0 Å². The minimum atomic E-state index is -1.30. The van der Waals surface area contributed by atoms with Crippen LogP contribution in [0.2, 0.25) is 0 Å². The molecule has 1 atom stereocenters. The van der Waals surface area contributed by atoms with E-state index in [-0.39, 0.29) is 6.42 Å². The first kappa shape index (κ1) is 10.7. The molecular formula is C8H9BrO3S. The van der Waals surface area contributed by atoms with E-state index in [0.717, 1.165) is 4.47 Å². The van der Waals surface area contributed by atoms with E-state index in [0.29, 0.717) is 5.56 Å². The van der Waals surface area contributed by atoms with E-state index in [9.17, 15) is 9.90 Å². The fourth-order valence-electron chi connectivity index (χ4n) is 1.06. The minimum absolute atomic E-state index is 0.289. The Balaban J connectivity index is 2.93. The highest BCUT2D eigenvalue weighted by Crippen LogP contribution is 2.33. The van der Waals surface area contributed by atoms with Crippen LogP contribution in [0, 0.1) is 0 Å². The van der Waals surface area contributed by atoms with Crippen LogP contribution in [0.1, 0.15) is 18.9 Å². The van der Waals surface area contributed by atoms with E-state index in [1.54, 1.807) is 5.38 Å². The Morgan fingerprint density at radius 2 is 2.31 bits per heavy atom. The first-order valence-corrected chi connectivity index (χ1v) is 5.33. The summed E-state index contributed by atoms with van der Waals surface area (Å²) < 4.78 is 0.753. The van der Waals surface area contributed by atoms with E-state index in [4.69, 9.17) is 5.11 Å². The molecule has 0 saturated carbocycles. The topological polar surface area (TPSA) is 57.5 Å². The number of hydrogen-bond donors (Lipinski definition) is 2. The monoisotopic (exact) mass is 264 g/mol. The second-order valence-electron chi connectivity index (χ2n) is 2.98. The van der Waals surface area contributed by atoms with E-state index >= 15 is 0 Å². The molecule has 0 spiro atoms. The predicted octanol–water partition coefficient (Wildman–Crippen LogP) is 2.19. The zero-order valence-corrected chi connectivity index (χ0v) is 9.35. The molecule has 0 fully saturated rings. The zero-order chi connectivity index (χ0) is 10.1. The zero-order valence-electron chi connectivity index (χ0n) is 6.95. The van der Waals surface area contributed by atoms with Gasteiger partial charge in [0, 0.05) is 15.4 Å². The Morgan fingerprint density at radius 3 is 2.69 bits per heavy atom. The van der Waals surface area contributed by atoms with Crippen LogP contribution in [0.25, 0.3) is 0 Å². The van der Waals surface area contributed by atoms with Gasteiger partial charge in [-0.1, -0.05) is 0 Å². The number of thiophene rings is 1. The van der Waals surface area contributed by atoms with Crippen molar-refractivity contribution in [2.24, 2.45) is 0 Å². The highest BCUT2D eigenvalue weighted by molar-refractivity contribution is 9.10. The first-order chi connectivity index (χ1) is 5.93. The van der Waals surface area contributed by atoms with Crippen molar-refractivity contribution < 1.29 is 15.0 Å². The Hall–Kier alpha value is -0.390. The molecule has 1 heterocycles. The standard InChI is InChI=1S/C8H9BrO3S/c1-8(12,2-7(10)11)5-3-13-4-6(5)9/h3-4,12H,2H2,1H3,(H,10,11). The summed E-state index contributed by atoms with van der Waals surface area (Å²) in [6.07, 6.45) is -0.289. The van der Waals surface area contributed by atoms with Crippen LogP contribution in [0.15, 0.2) is 15.2 Å². The van der Waals surface area contributed by atoms with E-state index in [2.05, 4.69) is 15.9 Å². The molecule has 0 amide bonds. The van der Waals surface area contributed by atoms with Crippen molar-refractivity contribution in [2.75, 3.05) is 0 Å². The van der Waals surface area contributed by atoms with Crippen LogP contribution >= 0.6 is 27.3 Å². The van der Waals surface area contributed by atoms with Gasteiger partial charge in [0.2, 0.25) is 0 Å².